The molecule has 1 atom stereocenters. The topological polar surface area (TPSA) is 87.0 Å². The molecule has 0 aliphatic carbocycles. The number of piperidine rings is 1. The van der Waals surface area contributed by atoms with Crippen LogP contribution in [0.1, 0.15) is 23.2 Å². The molecule has 6 heteroatoms. The summed E-state index contributed by atoms with van der Waals surface area (Å²) in [7, 11) is 2.08. The number of likely N-dealkylation sites (tertiary alicyclic amines) is 1. The van der Waals surface area contributed by atoms with Crippen LogP contribution in [0.2, 0.25) is 0 Å². The van der Waals surface area contributed by atoms with Crippen molar-refractivity contribution in [2.45, 2.75) is 18.9 Å². The number of nitrogens with zero attached hydrogens (tertiary/aromatic N) is 2. The number of benzene rings is 1. The predicted molar refractivity (Wildman–Crippen MR) is 78.5 cm³/mol. The number of nitrogen functional groups attached to an aromatic ring is 1. The second-order valence-corrected chi connectivity index (χ2v) is 5.43. The maximum absolute atomic E-state index is 12.3. The summed E-state index contributed by atoms with van der Waals surface area (Å²) in [6.45, 7) is 2.01. The van der Waals surface area contributed by atoms with Gasteiger partial charge in [0.15, 0.2) is 5.95 Å². The molecule has 0 unspecified atom stereocenters. The van der Waals surface area contributed by atoms with Crippen LogP contribution in [0.5, 0.6) is 0 Å². The number of aromatic nitrogens is 2. The number of nitrogens with two attached hydrogens (primary N) is 1. The predicted octanol–water partition coefficient (Wildman–Crippen LogP) is 0.969. The summed E-state index contributed by atoms with van der Waals surface area (Å²) >= 11 is 0. The van der Waals surface area contributed by atoms with Gasteiger partial charge in [0, 0.05) is 18.2 Å². The Hall–Kier alpha value is -2.08. The van der Waals surface area contributed by atoms with Crippen LogP contribution in [-0.4, -0.2) is 47.0 Å². The first-order chi connectivity index (χ1) is 9.61. The minimum absolute atomic E-state index is 0.0474. The van der Waals surface area contributed by atoms with Crippen molar-refractivity contribution in [3.63, 3.8) is 0 Å². The molecule has 0 saturated carbocycles. The van der Waals surface area contributed by atoms with Gasteiger partial charge in [0.05, 0.1) is 11.0 Å². The van der Waals surface area contributed by atoms with Crippen LogP contribution >= 0.6 is 0 Å². The third-order valence-corrected chi connectivity index (χ3v) is 3.72. The number of imidazole rings is 1. The van der Waals surface area contributed by atoms with Crippen LogP contribution in [-0.2, 0) is 0 Å². The lowest BCUT2D eigenvalue weighted by Gasteiger charge is -2.30. The molecule has 4 N–H and O–H groups in total. The molecule has 1 aliphatic heterocycles. The molecule has 1 fully saturated rings. The number of carbonyl (C=O) groups excluding carboxylic acids is 1. The van der Waals surface area contributed by atoms with Crippen molar-refractivity contribution in [2.75, 3.05) is 25.9 Å². The van der Waals surface area contributed by atoms with Crippen molar-refractivity contribution >= 4 is 22.9 Å². The third kappa shape index (κ3) is 2.60. The number of rotatable bonds is 2. The smallest absolute Gasteiger partial charge is 0.251 e. The minimum Gasteiger partial charge on any atom is -0.369 e. The van der Waals surface area contributed by atoms with Crippen molar-refractivity contribution < 1.29 is 4.79 Å². The second-order valence-electron chi connectivity index (χ2n) is 5.43. The molecule has 1 saturated heterocycles. The molecule has 2 heterocycles. The number of H-pyrrole nitrogens is 1. The normalized spacial score (nSPS) is 20.1. The van der Waals surface area contributed by atoms with Gasteiger partial charge in [-0.15, -0.1) is 0 Å². The largest absolute Gasteiger partial charge is 0.369 e. The fourth-order valence-corrected chi connectivity index (χ4v) is 2.72. The SMILES string of the molecule is CN1CCC[C@@H](NC(=O)c2ccc3[nH]c(N)nc3c2)C1. The zero-order valence-electron chi connectivity index (χ0n) is 11.5. The average Bonchev–Trinajstić information content (AvgIpc) is 2.77. The molecule has 3 rings (SSSR count). The van der Waals surface area contributed by atoms with Gasteiger partial charge in [0.1, 0.15) is 0 Å². The van der Waals surface area contributed by atoms with E-state index in [0.29, 0.717) is 11.5 Å². The van der Waals surface area contributed by atoms with Gasteiger partial charge < -0.3 is 20.9 Å². The number of amides is 1. The van der Waals surface area contributed by atoms with Crippen LogP contribution in [0.3, 0.4) is 0 Å². The van der Waals surface area contributed by atoms with Gasteiger partial charge >= 0.3 is 0 Å². The van der Waals surface area contributed by atoms with Crippen molar-refractivity contribution in [3.8, 4) is 0 Å². The minimum atomic E-state index is -0.0474. The quantitative estimate of drug-likeness (QED) is 0.761. The summed E-state index contributed by atoms with van der Waals surface area (Å²) in [5, 5.41) is 3.09. The van der Waals surface area contributed by atoms with Crippen molar-refractivity contribution in [1.82, 2.24) is 20.2 Å². The van der Waals surface area contributed by atoms with Gasteiger partial charge in [-0.05, 0) is 44.6 Å². The van der Waals surface area contributed by atoms with E-state index in [4.69, 9.17) is 5.73 Å². The molecule has 0 spiro atoms. The number of anilines is 1. The number of nitrogens with one attached hydrogen (secondary N) is 2. The number of fused-ring (bicyclic) bond motifs is 1. The number of carbonyl (C=O) groups is 1. The van der Waals surface area contributed by atoms with Gasteiger partial charge in [-0.3, -0.25) is 4.79 Å². The Labute approximate surface area is 117 Å². The molecular formula is C14H19N5O. The summed E-state index contributed by atoms with van der Waals surface area (Å²) in [5.41, 5.74) is 7.79. The first kappa shape index (κ1) is 12.9. The van der Waals surface area contributed by atoms with Crippen molar-refractivity contribution in [3.05, 3.63) is 23.8 Å². The molecule has 6 nitrogen and oxygen atoms in total. The summed E-state index contributed by atoms with van der Waals surface area (Å²) in [5.74, 6) is 0.320. The third-order valence-electron chi connectivity index (χ3n) is 3.72. The molecule has 20 heavy (non-hydrogen) atoms. The summed E-state index contributed by atoms with van der Waals surface area (Å²) in [4.78, 5) is 21.6. The van der Waals surface area contributed by atoms with E-state index in [1.54, 1.807) is 12.1 Å². The zero-order chi connectivity index (χ0) is 14.1. The zero-order valence-corrected chi connectivity index (χ0v) is 11.5. The van der Waals surface area contributed by atoms with Gasteiger partial charge in [0.2, 0.25) is 0 Å². The van der Waals surface area contributed by atoms with E-state index in [1.165, 1.54) is 0 Å². The van der Waals surface area contributed by atoms with Crippen LogP contribution in [0.15, 0.2) is 18.2 Å². The highest BCUT2D eigenvalue weighted by atomic mass is 16.1. The van der Waals surface area contributed by atoms with E-state index < -0.39 is 0 Å². The Morgan fingerprint density at radius 2 is 2.40 bits per heavy atom. The second kappa shape index (κ2) is 5.13. The molecule has 0 bridgehead atoms. The van der Waals surface area contributed by atoms with Gasteiger partial charge in [0.25, 0.3) is 5.91 Å². The van der Waals surface area contributed by atoms with E-state index in [0.717, 1.165) is 37.0 Å². The molecule has 1 aliphatic rings. The van der Waals surface area contributed by atoms with E-state index >= 15 is 0 Å². The van der Waals surface area contributed by atoms with Crippen LogP contribution in [0, 0.1) is 0 Å². The number of likely N-dealkylation sites (N-methyl/N-ethyl adjacent to an activating group) is 1. The maximum Gasteiger partial charge on any atom is 0.251 e. The fourth-order valence-electron chi connectivity index (χ4n) is 2.72. The molecule has 106 valence electrons. The van der Waals surface area contributed by atoms with E-state index in [1.807, 2.05) is 6.07 Å². The van der Waals surface area contributed by atoms with Gasteiger partial charge in [-0.25, -0.2) is 4.98 Å². The van der Waals surface area contributed by atoms with Crippen molar-refractivity contribution in [2.24, 2.45) is 0 Å². The Morgan fingerprint density at radius 3 is 3.20 bits per heavy atom. The highest BCUT2D eigenvalue weighted by Gasteiger charge is 2.19. The average molecular weight is 273 g/mol. The van der Waals surface area contributed by atoms with E-state index in [2.05, 4.69) is 27.2 Å². The van der Waals surface area contributed by atoms with Crippen molar-refractivity contribution in [1.29, 1.82) is 0 Å². The lowest BCUT2D eigenvalue weighted by atomic mass is 10.1. The van der Waals surface area contributed by atoms with Gasteiger partial charge in [-0.1, -0.05) is 0 Å². The molecule has 1 amide bonds. The first-order valence-electron chi connectivity index (χ1n) is 6.86. The number of hydrogen-bond acceptors (Lipinski definition) is 4. The van der Waals surface area contributed by atoms with E-state index in [9.17, 15) is 4.79 Å². The Morgan fingerprint density at radius 1 is 1.55 bits per heavy atom. The monoisotopic (exact) mass is 273 g/mol. The molecule has 1 aromatic carbocycles. The van der Waals surface area contributed by atoms with Crippen LogP contribution in [0.25, 0.3) is 11.0 Å². The highest BCUT2D eigenvalue weighted by Crippen LogP contribution is 2.15. The summed E-state index contributed by atoms with van der Waals surface area (Å²) in [6.07, 6.45) is 2.16. The van der Waals surface area contributed by atoms with Crippen LogP contribution in [0.4, 0.5) is 5.95 Å². The van der Waals surface area contributed by atoms with E-state index in [-0.39, 0.29) is 11.9 Å². The Balaban J connectivity index is 1.74. The molecule has 0 radical (unpaired) electrons. The molecule has 2 aromatic rings. The molecular weight excluding hydrogens is 254 g/mol. The Bertz CT molecular complexity index is 636. The van der Waals surface area contributed by atoms with Gasteiger partial charge in [-0.2, -0.15) is 0 Å². The summed E-state index contributed by atoms with van der Waals surface area (Å²) in [6, 6.07) is 5.62. The lowest BCUT2D eigenvalue weighted by Crippen LogP contribution is -2.46. The Kier molecular flexibility index (Phi) is 3.31. The standard InChI is InChI=1S/C14H19N5O/c1-19-6-2-3-10(8-19)16-13(20)9-4-5-11-12(7-9)18-14(15)17-11/h4-5,7,10H,2-3,6,8H2,1H3,(H,16,20)(H3,15,17,18)/t10-/m1/s1. The first-order valence-corrected chi connectivity index (χ1v) is 6.86. The van der Waals surface area contributed by atoms with Crippen LogP contribution < -0.4 is 11.1 Å². The lowest BCUT2D eigenvalue weighted by molar-refractivity contribution is 0.0912. The number of hydrogen-bond donors (Lipinski definition) is 3. The maximum atomic E-state index is 12.3. The molecule has 1 aromatic heterocycles. The number of aromatic amines is 1. The fraction of sp³-hybridized carbons (Fsp3) is 0.429. The summed E-state index contributed by atoms with van der Waals surface area (Å²) < 4.78 is 0. The highest BCUT2D eigenvalue weighted by molar-refractivity contribution is 5.97.